The predicted octanol–water partition coefficient (Wildman–Crippen LogP) is 3.20. The van der Waals surface area contributed by atoms with E-state index in [-0.39, 0.29) is 16.7 Å². The fourth-order valence-electron chi connectivity index (χ4n) is 2.54. The smallest absolute Gasteiger partial charge is 0.305 e. The van der Waals surface area contributed by atoms with Crippen LogP contribution in [0, 0.1) is 12.7 Å². The molecular formula is C19H18FN3O3S. The average Bonchev–Trinajstić information content (AvgIpc) is 3.01. The van der Waals surface area contributed by atoms with Gasteiger partial charge in [-0.1, -0.05) is 12.1 Å². The fourth-order valence-corrected chi connectivity index (χ4v) is 2.67. The van der Waals surface area contributed by atoms with Crippen LogP contribution in [0.15, 0.2) is 46.9 Å². The summed E-state index contributed by atoms with van der Waals surface area (Å²) in [6, 6.07) is 11.4. The molecule has 0 aliphatic heterocycles. The van der Waals surface area contributed by atoms with Gasteiger partial charge in [0.15, 0.2) is 10.9 Å². The van der Waals surface area contributed by atoms with Gasteiger partial charge in [0.1, 0.15) is 17.1 Å². The Morgan fingerprint density at radius 3 is 2.63 bits per heavy atom. The first-order valence-electron chi connectivity index (χ1n) is 8.13. The number of fused-ring (bicyclic) bond motifs is 1. The maximum Gasteiger partial charge on any atom is 0.305 e. The molecule has 0 radical (unpaired) electrons. The zero-order chi connectivity index (χ0) is 19.4. The van der Waals surface area contributed by atoms with E-state index in [0.29, 0.717) is 23.4 Å². The number of halogens is 1. The van der Waals surface area contributed by atoms with Gasteiger partial charge in [0, 0.05) is 17.5 Å². The van der Waals surface area contributed by atoms with Crippen molar-refractivity contribution in [2.24, 2.45) is 0 Å². The van der Waals surface area contributed by atoms with Gasteiger partial charge in [0.2, 0.25) is 0 Å². The van der Waals surface area contributed by atoms with Crippen LogP contribution in [-0.2, 0) is 6.54 Å². The van der Waals surface area contributed by atoms with Crippen molar-refractivity contribution in [1.82, 2.24) is 16.2 Å². The molecule has 0 saturated carbocycles. The number of amides is 1. The van der Waals surface area contributed by atoms with Crippen LogP contribution in [0.4, 0.5) is 4.39 Å². The van der Waals surface area contributed by atoms with Gasteiger partial charge < -0.3 is 14.5 Å². The lowest BCUT2D eigenvalue weighted by Gasteiger charge is -2.11. The van der Waals surface area contributed by atoms with E-state index < -0.39 is 5.91 Å². The second-order valence-corrected chi connectivity index (χ2v) is 6.21. The van der Waals surface area contributed by atoms with E-state index in [2.05, 4.69) is 16.2 Å². The molecule has 6 nitrogen and oxygen atoms in total. The molecule has 8 heteroatoms. The first-order valence-corrected chi connectivity index (χ1v) is 8.54. The largest absolute Gasteiger partial charge is 0.497 e. The average molecular weight is 387 g/mol. The zero-order valence-electron chi connectivity index (χ0n) is 14.8. The van der Waals surface area contributed by atoms with Crippen LogP contribution in [0.25, 0.3) is 11.0 Å². The number of thiocarbonyl (C=S) groups is 1. The summed E-state index contributed by atoms with van der Waals surface area (Å²) in [6.07, 6.45) is 0. The summed E-state index contributed by atoms with van der Waals surface area (Å²) in [5.41, 5.74) is 7.27. The number of benzene rings is 2. The Kier molecular flexibility index (Phi) is 5.56. The molecule has 0 aliphatic carbocycles. The number of carbonyl (C=O) groups excluding carboxylic acids is 1. The van der Waals surface area contributed by atoms with Crippen LogP contribution in [0.5, 0.6) is 5.75 Å². The molecule has 0 atom stereocenters. The minimum Gasteiger partial charge on any atom is -0.497 e. The summed E-state index contributed by atoms with van der Waals surface area (Å²) in [6.45, 7) is 2.19. The van der Waals surface area contributed by atoms with E-state index in [4.69, 9.17) is 21.4 Å². The standard InChI is InChI=1S/C19H18FN3O3S/c1-11-15-9-14(25-2)7-8-16(15)26-17(11)18(24)22-23-19(27)21-10-12-3-5-13(20)6-4-12/h3-9H,10H2,1-2H3,(H,22,24)(H2,21,23,27). The highest BCUT2D eigenvalue weighted by Gasteiger charge is 2.18. The number of carbonyl (C=O) groups is 1. The summed E-state index contributed by atoms with van der Waals surface area (Å²) in [4.78, 5) is 12.4. The van der Waals surface area contributed by atoms with Crippen LogP contribution in [0.2, 0.25) is 0 Å². The molecule has 1 aromatic heterocycles. The summed E-state index contributed by atoms with van der Waals surface area (Å²) >= 11 is 5.12. The highest BCUT2D eigenvalue weighted by Crippen LogP contribution is 2.28. The van der Waals surface area contributed by atoms with E-state index in [1.807, 2.05) is 6.07 Å². The maximum atomic E-state index is 12.9. The highest BCUT2D eigenvalue weighted by atomic mass is 32.1. The first-order chi connectivity index (χ1) is 13.0. The fraction of sp³-hybridized carbons (Fsp3) is 0.158. The van der Waals surface area contributed by atoms with E-state index >= 15 is 0 Å². The van der Waals surface area contributed by atoms with Crippen molar-refractivity contribution in [1.29, 1.82) is 0 Å². The van der Waals surface area contributed by atoms with Crippen LogP contribution in [-0.4, -0.2) is 18.1 Å². The molecule has 0 spiro atoms. The van der Waals surface area contributed by atoms with Crippen molar-refractivity contribution in [3.63, 3.8) is 0 Å². The van der Waals surface area contributed by atoms with Crippen molar-refractivity contribution in [3.05, 3.63) is 65.2 Å². The van der Waals surface area contributed by atoms with Crippen molar-refractivity contribution in [3.8, 4) is 5.75 Å². The quantitative estimate of drug-likeness (QED) is 0.472. The third-order valence-corrected chi connectivity index (χ3v) is 4.25. The number of rotatable bonds is 4. The monoisotopic (exact) mass is 387 g/mol. The number of nitrogens with one attached hydrogen (secondary N) is 3. The van der Waals surface area contributed by atoms with Gasteiger partial charge >= 0.3 is 5.91 Å². The maximum absolute atomic E-state index is 12.9. The number of hydrazine groups is 1. The number of methoxy groups -OCH3 is 1. The topological polar surface area (TPSA) is 75.5 Å². The molecule has 3 N–H and O–H groups in total. The molecular weight excluding hydrogens is 369 g/mol. The van der Waals surface area contributed by atoms with Gasteiger partial charge in [-0.15, -0.1) is 0 Å². The zero-order valence-corrected chi connectivity index (χ0v) is 15.6. The van der Waals surface area contributed by atoms with E-state index in [9.17, 15) is 9.18 Å². The number of hydrogen-bond donors (Lipinski definition) is 3. The Bertz CT molecular complexity index is 986. The van der Waals surface area contributed by atoms with Gasteiger partial charge in [0.25, 0.3) is 0 Å². The molecule has 0 unspecified atom stereocenters. The highest BCUT2D eigenvalue weighted by molar-refractivity contribution is 7.80. The van der Waals surface area contributed by atoms with Crippen molar-refractivity contribution in [2.45, 2.75) is 13.5 Å². The van der Waals surface area contributed by atoms with Crippen molar-refractivity contribution >= 4 is 34.2 Å². The Balaban J connectivity index is 1.58. The molecule has 140 valence electrons. The first kappa shape index (κ1) is 18.7. The minimum absolute atomic E-state index is 0.187. The summed E-state index contributed by atoms with van der Waals surface area (Å²) in [5.74, 6) is 0.119. The molecule has 3 rings (SSSR count). The van der Waals surface area contributed by atoms with E-state index in [0.717, 1.165) is 10.9 Å². The van der Waals surface area contributed by atoms with Gasteiger partial charge in [-0.2, -0.15) is 0 Å². The molecule has 0 bridgehead atoms. The Hall–Kier alpha value is -3.13. The van der Waals surface area contributed by atoms with Gasteiger partial charge in [-0.05, 0) is 55.0 Å². The minimum atomic E-state index is -0.450. The Morgan fingerprint density at radius 2 is 1.93 bits per heavy atom. The second kappa shape index (κ2) is 8.05. The van der Waals surface area contributed by atoms with Gasteiger partial charge in [-0.25, -0.2) is 4.39 Å². The van der Waals surface area contributed by atoms with E-state index in [1.165, 1.54) is 12.1 Å². The molecule has 0 saturated heterocycles. The molecule has 2 aromatic carbocycles. The molecule has 0 aliphatic rings. The number of hydrogen-bond acceptors (Lipinski definition) is 4. The molecule has 3 aromatic rings. The van der Waals surface area contributed by atoms with Crippen LogP contribution in [0.1, 0.15) is 21.7 Å². The van der Waals surface area contributed by atoms with E-state index in [1.54, 1.807) is 38.3 Å². The molecule has 0 fully saturated rings. The lowest BCUT2D eigenvalue weighted by atomic mass is 10.1. The molecule has 1 amide bonds. The lowest BCUT2D eigenvalue weighted by Crippen LogP contribution is -2.46. The van der Waals surface area contributed by atoms with Crippen LogP contribution < -0.4 is 20.9 Å². The lowest BCUT2D eigenvalue weighted by molar-refractivity contribution is 0.0917. The number of ether oxygens (including phenoxy) is 1. The van der Waals surface area contributed by atoms with Crippen LogP contribution >= 0.6 is 12.2 Å². The SMILES string of the molecule is COc1ccc2oc(C(=O)NNC(=S)NCc3ccc(F)cc3)c(C)c2c1. The van der Waals surface area contributed by atoms with Crippen molar-refractivity contribution in [2.75, 3.05) is 7.11 Å². The molecule has 27 heavy (non-hydrogen) atoms. The van der Waals surface area contributed by atoms with Gasteiger partial charge in [-0.3, -0.25) is 15.6 Å². The summed E-state index contributed by atoms with van der Waals surface area (Å²) < 4.78 is 23.7. The van der Waals surface area contributed by atoms with Crippen molar-refractivity contribution < 1.29 is 18.3 Å². The number of aryl methyl sites for hydroxylation is 1. The Labute approximate surface area is 160 Å². The summed E-state index contributed by atoms with van der Waals surface area (Å²) in [7, 11) is 1.58. The Morgan fingerprint density at radius 1 is 1.19 bits per heavy atom. The predicted molar refractivity (Wildman–Crippen MR) is 104 cm³/mol. The third kappa shape index (κ3) is 4.35. The summed E-state index contributed by atoms with van der Waals surface area (Å²) in [5, 5.41) is 3.94. The van der Waals surface area contributed by atoms with Gasteiger partial charge in [0.05, 0.1) is 7.11 Å². The second-order valence-electron chi connectivity index (χ2n) is 5.81. The third-order valence-electron chi connectivity index (χ3n) is 4.01. The normalized spacial score (nSPS) is 10.5. The van der Waals surface area contributed by atoms with Crippen LogP contribution in [0.3, 0.4) is 0 Å². The molecule has 1 heterocycles. The number of furan rings is 1.